The van der Waals surface area contributed by atoms with Crippen molar-refractivity contribution in [3.05, 3.63) is 35.6 Å². The van der Waals surface area contributed by atoms with Crippen molar-refractivity contribution < 1.29 is 14.0 Å². The third kappa shape index (κ3) is 4.34. The van der Waals surface area contributed by atoms with Crippen LogP contribution in [0.2, 0.25) is 0 Å². The molecule has 130 valence electrons. The molecule has 3 rings (SSSR count). The first-order chi connectivity index (χ1) is 11.6. The maximum atomic E-state index is 13.3. The monoisotopic (exact) mass is 332 g/mol. The van der Waals surface area contributed by atoms with E-state index in [0.29, 0.717) is 19.5 Å². The quantitative estimate of drug-likeness (QED) is 0.862. The molecule has 2 amide bonds. The van der Waals surface area contributed by atoms with E-state index in [9.17, 15) is 14.0 Å². The molecule has 0 bridgehead atoms. The lowest BCUT2D eigenvalue weighted by molar-refractivity contribution is -0.128. The number of nitrogens with zero attached hydrogens (tertiary/aromatic N) is 1. The van der Waals surface area contributed by atoms with Crippen LogP contribution in [0.3, 0.4) is 0 Å². The molecule has 24 heavy (non-hydrogen) atoms. The molecular weight excluding hydrogens is 307 g/mol. The molecule has 1 unspecified atom stereocenters. The lowest BCUT2D eigenvalue weighted by Crippen LogP contribution is -2.40. The van der Waals surface area contributed by atoms with Gasteiger partial charge in [0.1, 0.15) is 5.82 Å². The Bertz CT molecular complexity index is 597. The fourth-order valence-corrected chi connectivity index (χ4v) is 3.74. The van der Waals surface area contributed by atoms with E-state index in [-0.39, 0.29) is 29.6 Å². The van der Waals surface area contributed by atoms with Gasteiger partial charge in [-0.2, -0.15) is 0 Å². The van der Waals surface area contributed by atoms with Crippen molar-refractivity contribution in [3.8, 4) is 0 Å². The van der Waals surface area contributed by atoms with Crippen molar-refractivity contribution in [2.45, 2.75) is 57.5 Å². The summed E-state index contributed by atoms with van der Waals surface area (Å²) in [4.78, 5) is 26.3. The maximum Gasteiger partial charge on any atom is 0.225 e. The number of likely N-dealkylation sites (tertiary alicyclic amines) is 1. The summed E-state index contributed by atoms with van der Waals surface area (Å²) in [6, 6.07) is 6.18. The van der Waals surface area contributed by atoms with Crippen LogP contribution in [-0.2, 0) is 16.1 Å². The maximum absolute atomic E-state index is 13.3. The number of benzene rings is 1. The molecule has 1 aromatic rings. The van der Waals surface area contributed by atoms with Gasteiger partial charge in [-0.05, 0) is 30.5 Å². The summed E-state index contributed by atoms with van der Waals surface area (Å²) in [6.45, 7) is 0.903. The summed E-state index contributed by atoms with van der Waals surface area (Å²) in [5.41, 5.74) is 0.777. The average molecular weight is 332 g/mol. The summed E-state index contributed by atoms with van der Waals surface area (Å²) in [5, 5.41) is 3.06. The Labute approximate surface area is 142 Å². The number of hydrogen-bond donors (Lipinski definition) is 1. The molecule has 2 fully saturated rings. The van der Waals surface area contributed by atoms with Crippen LogP contribution in [0.5, 0.6) is 0 Å². The predicted octanol–water partition coefficient (Wildman–Crippen LogP) is 3.01. The van der Waals surface area contributed by atoms with Gasteiger partial charge in [0.25, 0.3) is 0 Å². The number of rotatable bonds is 4. The van der Waals surface area contributed by atoms with Gasteiger partial charge in [-0.1, -0.05) is 37.8 Å². The van der Waals surface area contributed by atoms with Gasteiger partial charge in [0.2, 0.25) is 11.8 Å². The standard InChI is InChI=1S/C19H25FN2O2/c20-16-9-5-6-14(10-16)12-22-13-17(11-18(22)23)21-19(24)15-7-3-1-2-4-8-15/h5-6,9-10,15,17H,1-4,7-8,11-13H2,(H,21,24). The fraction of sp³-hybridized carbons (Fsp3) is 0.579. The van der Waals surface area contributed by atoms with E-state index in [0.717, 1.165) is 31.2 Å². The number of carbonyl (C=O) groups excluding carboxylic acids is 2. The predicted molar refractivity (Wildman–Crippen MR) is 89.6 cm³/mol. The minimum atomic E-state index is -0.294. The average Bonchev–Trinajstić information content (AvgIpc) is 2.77. The molecule has 4 nitrogen and oxygen atoms in total. The molecule has 1 saturated heterocycles. The van der Waals surface area contributed by atoms with Crippen LogP contribution >= 0.6 is 0 Å². The Kier molecular flexibility index (Phi) is 5.48. The second-order valence-electron chi connectivity index (χ2n) is 7.00. The number of halogens is 1. The Morgan fingerprint density at radius 2 is 1.96 bits per heavy atom. The van der Waals surface area contributed by atoms with Crippen LogP contribution in [-0.4, -0.2) is 29.3 Å². The summed E-state index contributed by atoms with van der Waals surface area (Å²) in [5.74, 6) is -0.0787. The molecule has 0 radical (unpaired) electrons. The zero-order valence-corrected chi connectivity index (χ0v) is 14.0. The third-order valence-corrected chi connectivity index (χ3v) is 5.05. The molecule has 5 heteroatoms. The number of carbonyl (C=O) groups is 2. The fourth-order valence-electron chi connectivity index (χ4n) is 3.74. The smallest absolute Gasteiger partial charge is 0.225 e. The molecule has 1 saturated carbocycles. The SMILES string of the molecule is O=C(NC1CC(=O)N(Cc2cccc(F)c2)C1)C1CCCCCC1. The third-order valence-electron chi connectivity index (χ3n) is 5.05. The minimum Gasteiger partial charge on any atom is -0.351 e. The van der Waals surface area contributed by atoms with Gasteiger partial charge in [0.15, 0.2) is 0 Å². The number of nitrogens with one attached hydrogen (secondary N) is 1. The van der Waals surface area contributed by atoms with Crippen LogP contribution < -0.4 is 5.32 Å². The van der Waals surface area contributed by atoms with E-state index in [1.165, 1.54) is 25.0 Å². The van der Waals surface area contributed by atoms with Crippen molar-refractivity contribution in [2.75, 3.05) is 6.54 Å². The van der Waals surface area contributed by atoms with Gasteiger partial charge in [-0.25, -0.2) is 4.39 Å². The first-order valence-corrected chi connectivity index (χ1v) is 8.94. The highest BCUT2D eigenvalue weighted by molar-refractivity contribution is 5.83. The Morgan fingerprint density at radius 3 is 2.67 bits per heavy atom. The summed E-state index contributed by atoms with van der Waals surface area (Å²) < 4.78 is 13.3. The Balaban J connectivity index is 1.53. The molecule has 1 heterocycles. The van der Waals surface area contributed by atoms with E-state index in [1.54, 1.807) is 11.0 Å². The van der Waals surface area contributed by atoms with Crippen molar-refractivity contribution in [2.24, 2.45) is 5.92 Å². The zero-order chi connectivity index (χ0) is 16.9. The largest absolute Gasteiger partial charge is 0.351 e. The zero-order valence-electron chi connectivity index (χ0n) is 14.0. The lowest BCUT2D eigenvalue weighted by Gasteiger charge is -2.19. The molecule has 0 spiro atoms. The van der Waals surface area contributed by atoms with Gasteiger partial charge in [-0.3, -0.25) is 9.59 Å². The van der Waals surface area contributed by atoms with E-state index in [2.05, 4.69) is 5.32 Å². The van der Waals surface area contributed by atoms with Gasteiger partial charge in [0, 0.05) is 25.4 Å². The van der Waals surface area contributed by atoms with Crippen LogP contribution in [0.25, 0.3) is 0 Å². The minimum absolute atomic E-state index is 0.0189. The number of amides is 2. The molecule has 1 aliphatic heterocycles. The second-order valence-corrected chi connectivity index (χ2v) is 7.00. The molecular formula is C19H25FN2O2. The van der Waals surface area contributed by atoms with Gasteiger partial charge >= 0.3 is 0 Å². The van der Waals surface area contributed by atoms with Crippen molar-refractivity contribution in [1.82, 2.24) is 10.2 Å². The highest BCUT2D eigenvalue weighted by atomic mass is 19.1. The number of hydrogen-bond acceptors (Lipinski definition) is 2. The first-order valence-electron chi connectivity index (χ1n) is 8.94. The Hall–Kier alpha value is -1.91. The second kappa shape index (κ2) is 7.77. The van der Waals surface area contributed by atoms with Crippen LogP contribution in [0.15, 0.2) is 24.3 Å². The highest BCUT2D eigenvalue weighted by Gasteiger charge is 2.32. The van der Waals surface area contributed by atoms with Crippen molar-refractivity contribution in [1.29, 1.82) is 0 Å². The summed E-state index contributed by atoms with van der Waals surface area (Å²) in [6.07, 6.45) is 6.92. The van der Waals surface area contributed by atoms with Gasteiger partial charge in [-0.15, -0.1) is 0 Å². The van der Waals surface area contributed by atoms with Crippen LogP contribution in [0.1, 0.15) is 50.5 Å². The van der Waals surface area contributed by atoms with E-state index >= 15 is 0 Å². The molecule has 0 aromatic heterocycles. The van der Waals surface area contributed by atoms with E-state index in [4.69, 9.17) is 0 Å². The van der Waals surface area contributed by atoms with Gasteiger partial charge < -0.3 is 10.2 Å². The van der Waals surface area contributed by atoms with Gasteiger partial charge in [0.05, 0.1) is 6.04 Å². The van der Waals surface area contributed by atoms with Crippen molar-refractivity contribution >= 4 is 11.8 Å². The molecule has 1 N–H and O–H groups in total. The summed E-state index contributed by atoms with van der Waals surface area (Å²) >= 11 is 0. The normalized spacial score (nSPS) is 22.5. The van der Waals surface area contributed by atoms with Crippen LogP contribution in [0, 0.1) is 11.7 Å². The Morgan fingerprint density at radius 1 is 1.21 bits per heavy atom. The molecule has 1 atom stereocenters. The highest BCUT2D eigenvalue weighted by Crippen LogP contribution is 2.24. The molecule has 1 aromatic carbocycles. The van der Waals surface area contributed by atoms with E-state index < -0.39 is 0 Å². The molecule has 1 aliphatic carbocycles. The van der Waals surface area contributed by atoms with Crippen molar-refractivity contribution in [3.63, 3.8) is 0 Å². The lowest BCUT2D eigenvalue weighted by atomic mass is 9.99. The van der Waals surface area contributed by atoms with Crippen LogP contribution in [0.4, 0.5) is 4.39 Å². The summed E-state index contributed by atoms with van der Waals surface area (Å²) in [7, 11) is 0. The molecule has 2 aliphatic rings. The first kappa shape index (κ1) is 16.9. The topological polar surface area (TPSA) is 49.4 Å². The van der Waals surface area contributed by atoms with E-state index in [1.807, 2.05) is 6.07 Å².